The molecule has 5 aromatic heterocycles. The number of pyridine rings is 1. The highest BCUT2D eigenvalue weighted by Gasteiger charge is 2.30. The Bertz CT molecular complexity index is 2640. The van der Waals surface area contributed by atoms with Crippen LogP contribution in [0.3, 0.4) is 0 Å². The minimum atomic E-state index is -0.677. The molecule has 310 valence electrons. The molecule has 3 aliphatic rings. The minimum absolute atomic E-state index is 0.0334. The van der Waals surface area contributed by atoms with E-state index in [0.717, 1.165) is 56.7 Å². The fraction of sp³-hybridized carbons (Fsp3) is 0.375. The summed E-state index contributed by atoms with van der Waals surface area (Å²) in [4.78, 5) is 67.3. The number of nitrogens with zero attached hydrogens (tertiary/aromatic N) is 8. The predicted molar refractivity (Wildman–Crippen MR) is 214 cm³/mol. The van der Waals surface area contributed by atoms with Crippen molar-refractivity contribution in [3.63, 3.8) is 0 Å². The van der Waals surface area contributed by atoms with Gasteiger partial charge in [0.15, 0.2) is 5.65 Å². The van der Waals surface area contributed by atoms with Gasteiger partial charge in [0.2, 0.25) is 35.2 Å². The Kier molecular flexibility index (Phi) is 10.5. The molecule has 20 nitrogen and oxygen atoms in total. The number of aromatic nitrogens is 7. The molecule has 2 aliphatic carbocycles. The van der Waals surface area contributed by atoms with Gasteiger partial charge >= 0.3 is 0 Å². The highest BCUT2D eigenvalue weighted by atomic mass is 16.5. The van der Waals surface area contributed by atoms with Crippen molar-refractivity contribution in [1.29, 1.82) is 0 Å². The average molecular weight is 819 g/mol. The lowest BCUT2D eigenvalue weighted by atomic mass is 10.1. The van der Waals surface area contributed by atoms with Gasteiger partial charge in [-0.05, 0) is 50.3 Å². The summed E-state index contributed by atoms with van der Waals surface area (Å²) in [5.74, 6) is -1.16. The van der Waals surface area contributed by atoms with Crippen molar-refractivity contribution in [3.05, 3.63) is 82.7 Å². The fourth-order valence-corrected chi connectivity index (χ4v) is 7.09. The van der Waals surface area contributed by atoms with E-state index >= 15 is 0 Å². The number of morpholine rings is 1. The molecule has 1 aromatic carbocycles. The molecule has 0 unspecified atom stereocenters. The summed E-state index contributed by atoms with van der Waals surface area (Å²) in [5.41, 5.74) is 14.6. The van der Waals surface area contributed by atoms with Gasteiger partial charge in [-0.25, -0.2) is 15.0 Å². The number of fused-ring (bicyclic) bond motifs is 2. The van der Waals surface area contributed by atoms with Crippen molar-refractivity contribution >= 4 is 57.7 Å². The number of imidazole rings is 2. The molecule has 0 bridgehead atoms. The number of rotatable bonds is 17. The highest BCUT2D eigenvalue weighted by molar-refractivity contribution is 6.04. The average Bonchev–Trinajstić information content (AvgIpc) is 4.09. The number of nitrogens with one attached hydrogen (secondary N) is 2. The lowest BCUT2D eigenvalue weighted by Gasteiger charge is -2.26. The molecule has 0 atom stereocenters. The van der Waals surface area contributed by atoms with E-state index < -0.39 is 23.6 Å². The number of amides is 4. The second-order valence-corrected chi connectivity index (χ2v) is 15.0. The van der Waals surface area contributed by atoms with E-state index in [4.69, 9.17) is 35.0 Å². The Hall–Kier alpha value is -6.93. The topological polar surface area (TPSA) is 267 Å². The van der Waals surface area contributed by atoms with E-state index in [9.17, 15) is 19.2 Å². The monoisotopic (exact) mass is 818 g/mol. The molecule has 9 rings (SSSR count). The molecule has 20 heteroatoms. The van der Waals surface area contributed by atoms with Crippen LogP contribution >= 0.6 is 0 Å². The zero-order valence-electron chi connectivity index (χ0n) is 32.5. The van der Waals surface area contributed by atoms with Crippen LogP contribution in [-0.4, -0.2) is 102 Å². The molecular formula is C40H42N12O8. The van der Waals surface area contributed by atoms with E-state index in [1.807, 2.05) is 12.2 Å². The maximum Gasteiger partial charge on any atom is 0.296 e. The summed E-state index contributed by atoms with van der Waals surface area (Å²) in [6.07, 6.45) is 9.66. The van der Waals surface area contributed by atoms with E-state index in [-0.39, 0.29) is 53.6 Å². The van der Waals surface area contributed by atoms with Crippen molar-refractivity contribution in [3.8, 4) is 5.75 Å². The summed E-state index contributed by atoms with van der Waals surface area (Å²) < 4.78 is 25.9. The molecule has 4 amide bonds. The Morgan fingerprint density at radius 3 is 1.97 bits per heavy atom. The zero-order chi connectivity index (χ0) is 41.3. The molecule has 1 saturated heterocycles. The predicted octanol–water partition coefficient (Wildman–Crippen LogP) is 3.57. The zero-order valence-corrected chi connectivity index (χ0v) is 32.5. The summed E-state index contributed by atoms with van der Waals surface area (Å²) in [5, 5.41) is 13.8. The summed E-state index contributed by atoms with van der Waals surface area (Å²) >= 11 is 0. The van der Waals surface area contributed by atoms with Gasteiger partial charge in [-0.1, -0.05) is 22.5 Å². The fourth-order valence-electron chi connectivity index (χ4n) is 7.09. The molecule has 3 fully saturated rings. The summed E-state index contributed by atoms with van der Waals surface area (Å²) in [6, 6.07) is 7.88. The first kappa shape index (κ1) is 38.6. The van der Waals surface area contributed by atoms with E-state index in [2.05, 4.69) is 35.8 Å². The van der Waals surface area contributed by atoms with Crippen LogP contribution in [0.2, 0.25) is 0 Å². The maximum atomic E-state index is 13.5. The number of hydrogen-bond acceptors (Lipinski definition) is 14. The normalized spacial score (nSPS) is 15.9. The van der Waals surface area contributed by atoms with Crippen molar-refractivity contribution < 1.29 is 37.7 Å². The van der Waals surface area contributed by atoms with Gasteiger partial charge in [-0.15, -0.1) is 0 Å². The molecule has 0 radical (unpaired) electrons. The largest absolute Gasteiger partial charge is 0.491 e. The first-order chi connectivity index (χ1) is 29.2. The third-order valence-electron chi connectivity index (χ3n) is 10.6. The number of nitrogens with two attached hydrogens (primary N) is 2. The molecular weight excluding hydrogens is 777 g/mol. The van der Waals surface area contributed by atoms with Crippen LogP contribution in [0.25, 0.3) is 22.2 Å². The third kappa shape index (κ3) is 8.32. The van der Waals surface area contributed by atoms with E-state index in [1.54, 1.807) is 33.4 Å². The molecule has 2 saturated carbocycles. The maximum absolute atomic E-state index is 13.5. The van der Waals surface area contributed by atoms with Gasteiger partial charge in [0, 0.05) is 68.5 Å². The molecule has 6 aromatic rings. The van der Waals surface area contributed by atoms with Gasteiger partial charge in [-0.2, -0.15) is 0 Å². The minimum Gasteiger partial charge on any atom is -0.491 e. The molecule has 0 spiro atoms. The number of carbonyl (C=O) groups excluding carboxylic acids is 4. The summed E-state index contributed by atoms with van der Waals surface area (Å²) in [7, 11) is 0. The first-order valence-electron chi connectivity index (χ1n) is 19.8. The number of hydrogen-bond donors (Lipinski definition) is 4. The lowest BCUT2D eigenvalue weighted by molar-refractivity contribution is 0.0358. The van der Waals surface area contributed by atoms with Crippen molar-refractivity contribution in [1.82, 2.24) is 39.3 Å². The van der Waals surface area contributed by atoms with Gasteiger partial charge in [-0.3, -0.25) is 39.3 Å². The number of primary amides is 2. The van der Waals surface area contributed by atoms with Gasteiger partial charge < -0.3 is 34.6 Å². The number of benzene rings is 1. The van der Waals surface area contributed by atoms with Crippen LogP contribution in [0.4, 0.5) is 11.9 Å². The Morgan fingerprint density at radius 1 is 0.767 bits per heavy atom. The quantitative estimate of drug-likeness (QED) is 0.0757. The first-order valence-corrected chi connectivity index (χ1v) is 19.8. The SMILES string of the molecule is NC(=O)c1cnc2c(c1)nc(NC(=O)c1cc(C3CC3)no1)n2CC=CCn1c(NC(=O)c2cc(C3CC3)no2)nc2cc(C(N)=O)cc(OCCCN3CCOCC3)c21. The number of ether oxygens (including phenoxy) is 2. The third-order valence-corrected chi connectivity index (χ3v) is 10.6. The molecule has 60 heavy (non-hydrogen) atoms. The van der Waals surface area contributed by atoms with Crippen LogP contribution in [0.1, 0.15) is 97.2 Å². The lowest BCUT2D eigenvalue weighted by Crippen LogP contribution is -2.37. The second kappa shape index (κ2) is 16.4. The van der Waals surface area contributed by atoms with E-state index in [1.165, 1.54) is 12.3 Å². The van der Waals surface area contributed by atoms with Crippen molar-refractivity contribution in [2.24, 2.45) is 11.5 Å². The smallest absolute Gasteiger partial charge is 0.296 e. The van der Waals surface area contributed by atoms with Crippen LogP contribution in [0.15, 0.2) is 57.7 Å². The van der Waals surface area contributed by atoms with Gasteiger partial charge in [0.25, 0.3) is 11.8 Å². The van der Waals surface area contributed by atoms with Gasteiger partial charge in [0.1, 0.15) is 16.8 Å². The van der Waals surface area contributed by atoms with Crippen LogP contribution in [0.5, 0.6) is 5.75 Å². The molecule has 6 N–H and O–H groups in total. The Labute approximate surface area is 341 Å². The van der Waals surface area contributed by atoms with E-state index in [0.29, 0.717) is 60.1 Å². The Balaban J connectivity index is 1.01. The molecule has 1 aliphatic heterocycles. The van der Waals surface area contributed by atoms with Crippen molar-refractivity contribution in [2.75, 3.05) is 50.1 Å². The number of carbonyl (C=O) groups is 4. The highest BCUT2D eigenvalue weighted by Crippen LogP contribution is 2.40. The standard InChI is InChI=1S/C40H42N12O8/c41-34(53)24-16-28-33(30(18-24)58-13-3-8-50-11-14-57-15-12-50)51(39(44-28)46-37(55)31-19-26(48-59-31)22-4-5-22)9-1-2-10-52-36-29(17-25(21-43-36)35(42)54)45-40(52)47-38(56)32-20-27(49-60-32)23-6-7-23/h1-2,16-23H,3-15H2,(H2,41,53)(H2,42,54)(H,44,46,55)(H,45,47,56). The number of anilines is 2. The number of allylic oxidation sites excluding steroid dienone is 2. The van der Waals surface area contributed by atoms with Gasteiger partial charge in [0.05, 0.1) is 42.3 Å². The second-order valence-electron chi connectivity index (χ2n) is 15.0. The van der Waals surface area contributed by atoms with Crippen LogP contribution < -0.4 is 26.8 Å². The van der Waals surface area contributed by atoms with Crippen LogP contribution in [0, 0.1) is 0 Å². The molecule has 6 heterocycles. The van der Waals surface area contributed by atoms with Crippen molar-refractivity contribution in [2.45, 2.75) is 57.0 Å². The van der Waals surface area contributed by atoms with Crippen LogP contribution in [-0.2, 0) is 17.8 Å². The Morgan fingerprint density at radius 2 is 1.35 bits per heavy atom. The summed E-state index contributed by atoms with van der Waals surface area (Å²) in [6.45, 7) is 4.50.